The summed E-state index contributed by atoms with van der Waals surface area (Å²) >= 11 is 6.34. The minimum absolute atomic E-state index is 0.115. The van der Waals surface area contributed by atoms with Crippen molar-refractivity contribution in [3.8, 4) is 5.69 Å². The van der Waals surface area contributed by atoms with Crippen LogP contribution in [-0.4, -0.2) is 44.7 Å². The largest absolute Gasteiger partial charge is 0.333 e. The summed E-state index contributed by atoms with van der Waals surface area (Å²) in [4.78, 5) is 19.4. The average Bonchev–Trinajstić information content (AvgIpc) is 3.25. The van der Waals surface area contributed by atoms with Crippen molar-refractivity contribution in [1.29, 1.82) is 0 Å². The number of halogens is 1. The highest BCUT2D eigenvalue weighted by Crippen LogP contribution is 2.40. The Morgan fingerprint density at radius 3 is 2.76 bits per heavy atom. The van der Waals surface area contributed by atoms with Crippen molar-refractivity contribution in [2.45, 2.75) is 38.1 Å². The van der Waals surface area contributed by atoms with Gasteiger partial charge in [0.05, 0.1) is 10.7 Å². The van der Waals surface area contributed by atoms with Gasteiger partial charge in [0.15, 0.2) is 0 Å². The van der Waals surface area contributed by atoms with Crippen molar-refractivity contribution in [2.75, 3.05) is 13.1 Å². The van der Waals surface area contributed by atoms with Crippen molar-refractivity contribution >= 4 is 17.5 Å². The maximum absolute atomic E-state index is 13.0. The summed E-state index contributed by atoms with van der Waals surface area (Å²) in [6.07, 6.45) is 3.08. The molecule has 1 aromatic heterocycles. The normalized spacial score (nSPS) is 23.2. The lowest BCUT2D eigenvalue weighted by Gasteiger charge is -2.19. The molecule has 25 heavy (non-hydrogen) atoms. The molecule has 4 rings (SSSR count). The van der Waals surface area contributed by atoms with Gasteiger partial charge < -0.3 is 10.6 Å². The van der Waals surface area contributed by atoms with Crippen LogP contribution in [0.15, 0.2) is 24.3 Å². The molecule has 0 spiro atoms. The maximum atomic E-state index is 13.0. The van der Waals surface area contributed by atoms with Crippen LogP contribution < -0.4 is 5.73 Å². The fourth-order valence-corrected chi connectivity index (χ4v) is 3.76. The van der Waals surface area contributed by atoms with E-state index < -0.39 is 0 Å². The number of rotatable bonds is 4. The highest BCUT2D eigenvalue weighted by atomic mass is 35.5. The molecule has 0 radical (unpaired) electrons. The number of benzene rings is 1. The Kier molecular flexibility index (Phi) is 4.25. The Morgan fingerprint density at radius 1 is 1.36 bits per heavy atom. The first-order valence-corrected chi connectivity index (χ1v) is 9.19. The van der Waals surface area contributed by atoms with Crippen LogP contribution in [0.5, 0.6) is 0 Å². The molecule has 1 amide bonds. The van der Waals surface area contributed by atoms with E-state index in [2.05, 4.69) is 17.0 Å². The quantitative estimate of drug-likeness (QED) is 0.910. The zero-order valence-electron chi connectivity index (χ0n) is 14.2. The fraction of sp³-hybridized carbons (Fsp3) is 0.500. The number of amides is 1. The third-order valence-electron chi connectivity index (χ3n) is 5.10. The van der Waals surface area contributed by atoms with E-state index in [0.29, 0.717) is 29.9 Å². The van der Waals surface area contributed by atoms with Crippen molar-refractivity contribution in [2.24, 2.45) is 11.7 Å². The van der Waals surface area contributed by atoms with Gasteiger partial charge in [-0.15, -0.1) is 5.10 Å². The van der Waals surface area contributed by atoms with Crippen molar-refractivity contribution in [3.05, 3.63) is 40.9 Å². The molecule has 2 N–H and O–H groups in total. The van der Waals surface area contributed by atoms with Gasteiger partial charge in [-0.05, 0) is 50.8 Å². The Hall–Kier alpha value is -1.92. The number of nitrogens with two attached hydrogens (primary N) is 1. The molecular weight excluding hydrogens is 338 g/mol. The minimum atomic E-state index is -0.115. The second-order valence-electron chi connectivity index (χ2n) is 7.08. The van der Waals surface area contributed by atoms with E-state index in [9.17, 15) is 4.79 Å². The average molecular weight is 360 g/mol. The Labute approximate surface area is 152 Å². The third-order valence-corrected chi connectivity index (χ3v) is 5.42. The van der Waals surface area contributed by atoms with Gasteiger partial charge in [0.1, 0.15) is 5.82 Å². The zero-order valence-corrected chi connectivity index (χ0v) is 15.0. The first kappa shape index (κ1) is 16.5. The van der Waals surface area contributed by atoms with E-state index in [0.717, 1.165) is 30.8 Å². The second-order valence-corrected chi connectivity index (χ2v) is 7.48. The van der Waals surface area contributed by atoms with Gasteiger partial charge in [-0.2, -0.15) is 0 Å². The summed E-state index contributed by atoms with van der Waals surface area (Å²) in [5.74, 6) is 1.69. The van der Waals surface area contributed by atoms with Crippen LogP contribution >= 0.6 is 11.6 Å². The molecule has 2 atom stereocenters. The predicted molar refractivity (Wildman–Crippen MR) is 96.0 cm³/mol. The summed E-state index contributed by atoms with van der Waals surface area (Å²) in [7, 11) is 0. The van der Waals surface area contributed by atoms with Crippen LogP contribution in [0.1, 0.15) is 48.5 Å². The summed E-state index contributed by atoms with van der Waals surface area (Å²) in [6, 6.07) is 7.68. The number of carbonyl (C=O) groups excluding carboxylic acids is 1. The fourth-order valence-electron chi connectivity index (χ4n) is 3.55. The SMILES string of the molecule is CC1CC(CN)CN1C(=O)c1nc(C2CC2)n(-c2ccccc2Cl)n1. The topological polar surface area (TPSA) is 77.0 Å². The van der Waals surface area contributed by atoms with E-state index in [4.69, 9.17) is 17.3 Å². The van der Waals surface area contributed by atoms with Gasteiger partial charge in [0, 0.05) is 18.5 Å². The molecule has 2 fully saturated rings. The minimum Gasteiger partial charge on any atom is -0.333 e. The smallest absolute Gasteiger partial charge is 0.293 e. The number of carbonyl (C=O) groups is 1. The Balaban J connectivity index is 1.69. The number of para-hydroxylation sites is 1. The lowest BCUT2D eigenvalue weighted by molar-refractivity contribution is 0.0731. The van der Waals surface area contributed by atoms with Gasteiger partial charge in [-0.25, -0.2) is 9.67 Å². The lowest BCUT2D eigenvalue weighted by atomic mass is 10.1. The van der Waals surface area contributed by atoms with E-state index in [1.54, 1.807) is 4.68 Å². The molecule has 2 aliphatic rings. The third kappa shape index (κ3) is 3.04. The van der Waals surface area contributed by atoms with Gasteiger partial charge in [0.25, 0.3) is 5.91 Å². The molecule has 1 saturated heterocycles. The van der Waals surface area contributed by atoms with E-state index in [-0.39, 0.29) is 17.8 Å². The molecule has 7 heteroatoms. The lowest BCUT2D eigenvalue weighted by Crippen LogP contribution is -2.35. The number of hydrogen-bond acceptors (Lipinski definition) is 4. The summed E-state index contributed by atoms with van der Waals surface area (Å²) in [5, 5.41) is 5.13. The zero-order chi connectivity index (χ0) is 17.6. The van der Waals surface area contributed by atoms with E-state index >= 15 is 0 Å². The van der Waals surface area contributed by atoms with Crippen molar-refractivity contribution < 1.29 is 4.79 Å². The molecule has 132 valence electrons. The van der Waals surface area contributed by atoms with Crippen molar-refractivity contribution in [3.63, 3.8) is 0 Å². The standard InChI is InChI=1S/C18H22ClN5O/c1-11-8-12(9-20)10-23(11)18(25)16-21-17(13-6-7-13)24(22-16)15-5-3-2-4-14(15)19/h2-5,11-13H,6-10,20H2,1H3. The Bertz CT molecular complexity index is 801. The maximum Gasteiger partial charge on any atom is 0.293 e. The summed E-state index contributed by atoms with van der Waals surface area (Å²) < 4.78 is 1.74. The summed E-state index contributed by atoms with van der Waals surface area (Å²) in [6.45, 7) is 3.33. The molecule has 1 aliphatic heterocycles. The molecule has 1 saturated carbocycles. The molecule has 6 nitrogen and oxygen atoms in total. The van der Waals surface area contributed by atoms with E-state index in [1.165, 1.54) is 0 Å². The molecule has 1 aliphatic carbocycles. The molecular formula is C18H22ClN5O. The molecule has 2 aromatic rings. The van der Waals surface area contributed by atoms with Crippen LogP contribution in [-0.2, 0) is 0 Å². The first-order valence-electron chi connectivity index (χ1n) is 8.81. The van der Waals surface area contributed by atoms with Gasteiger partial charge in [-0.3, -0.25) is 4.79 Å². The van der Waals surface area contributed by atoms with Crippen LogP contribution in [0.2, 0.25) is 5.02 Å². The number of hydrogen-bond donors (Lipinski definition) is 1. The predicted octanol–water partition coefficient (Wildman–Crippen LogP) is 2.61. The van der Waals surface area contributed by atoms with Gasteiger partial charge in [0.2, 0.25) is 5.82 Å². The second kappa shape index (κ2) is 6.42. The number of likely N-dealkylation sites (tertiary alicyclic amines) is 1. The van der Waals surface area contributed by atoms with Crippen molar-refractivity contribution in [1.82, 2.24) is 19.7 Å². The Morgan fingerprint density at radius 2 is 2.12 bits per heavy atom. The molecule has 1 aromatic carbocycles. The molecule has 2 heterocycles. The summed E-state index contributed by atoms with van der Waals surface area (Å²) in [5.41, 5.74) is 6.55. The van der Waals surface area contributed by atoms with E-state index in [1.807, 2.05) is 29.2 Å². The van der Waals surface area contributed by atoms with Crippen LogP contribution in [0.4, 0.5) is 0 Å². The van der Waals surface area contributed by atoms with Gasteiger partial charge in [-0.1, -0.05) is 23.7 Å². The molecule has 0 bridgehead atoms. The number of aromatic nitrogens is 3. The van der Waals surface area contributed by atoms with Crippen LogP contribution in [0.3, 0.4) is 0 Å². The first-order chi connectivity index (χ1) is 12.1. The number of nitrogens with zero attached hydrogens (tertiary/aromatic N) is 4. The molecule has 2 unspecified atom stereocenters. The monoisotopic (exact) mass is 359 g/mol. The van der Waals surface area contributed by atoms with Gasteiger partial charge >= 0.3 is 0 Å². The van der Waals surface area contributed by atoms with Crippen LogP contribution in [0.25, 0.3) is 5.69 Å². The highest BCUT2D eigenvalue weighted by molar-refractivity contribution is 6.32. The van der Waals surface area contributed by atoms with Crippen LogP contribution in [0, 0.1) is 5.92 Å². The highest BCUT2D eigenvalue weighted by Gasteiger charge is 2.36.